The molecule has 88 valence electrons. The van der Waals surface area contributed by atoms with Crippen LogP contribution in [0.1, 0.15) is 12.8 Å². The van der Waals surface area contributed by atoms with Crippen molar-refractivity contribution in [2.45, 2.75) is 12.8 Å². The number of fused-ring (bicyclic) bond motifs is 1. The lowest BCUT2D eigenvalue weighted by Crippen LogP contribution is -2.17. The highest BCUT2D eigenvalue weighted by Gasteiger charge is 2.13. The summed E-state index contributed by atoms with van der Waals surface area (Å²) >= 11 is 0. The van der Waals surface area contributed by atoms with Gasteiger partial charge in [-0.15, -0.1) is 0 Å². The number of anilines is 1. The Balaban J connectivity index is 2.10. The summed E-state index contributed by atoms with van der Waals surface area (Å²) in [7, 11) is 1.67. The van der Waals surface area contributed by atoms with E-state index in [-0.39, 0.29) is 0 Å². The van der Waals surface area contributed by atoms with Crippen LogP contribution in [0, 0.1) is 0 Å². The molecule has 17 heavy (non-hydrogen) atoms. The van der Waals surface area contributed by atoms with Crippen LogP contribution < -0.4 is 9.64 Å². The predicted molar refractivity (Wildman–Crippen MR) is 69.7 cm³/mol. The Morgan fingerprint density at radius 2 is 2.00 bits per heavy atom. The Kier molecular flexibility index (Phi) is 2.59. The van der Waals surface area contributed by atoms with Gasteiger partial charge in [-0.1, -0.05) is 6.07 Å². The van der Waals surface area contributed by atoms with Gasteiger partial charge in [0.25, 0.3) is 0 Å². The van der Waals surface area contributed by atoms with Gasteiger partial charge in [-0.25, -0.2) is 4.98 Å². The normalized spacial score (nSPS) is 15.5. The van der Waals surface area contributed by atoms with Crippen LogP contribution in [0.5, 0.6) is 5.88 Å². The van der Waals surface area contributed by atoms with Gasteiger partial charge in [0.2, 0.25) is 5.88 Å². The molecule has 0 radical (unpaired) electrons. The number of methoxy groups -OCH3 is 1. The van der Waals surface area contributed by atoms with Gasteiger partial charge in [0.1, 0.15) is 0 Å². The molecule has 1 aliphatic rings. The fraction of sp³-hybridized carbons (Fsp3) is 0.357. The number of rotatable bonds is 2. The average Bonchev–Trinajstić information content (AvgIpc) is 2.91. The molecule has 0 N–H and O–H groups in total. The Bertz CT molecular complexity index is 533. The zero-order valence-corrected chi connectivity index (χ0v) is 10.0. The minimum atomic E-state index is 0.712. The van der Waals surface area contributed by atoms with Crippen molar-refractivity contribution in [3.8, 4) is 5.88 Å². The quantitative estimate of drug-likeness (QED) is 0.790. The minimum absolute atomic E-state index is 0.712. The summed E-state index contributed by atoms with van der Waals surface area (Å²) in [6.45, 7) is 2.32. The van der Waals surface area contributed by atoms with Crippen LogP contribution in [-0.2, 0) is 0 Å². The van der Waals surface area contributed by atoms with Gasteiger partial charge in [0.05, 0.1) is 7.11 Å². The van der Waals surface area contributed by atoms with Crippen molar-refractivity contribution in [3.05, 3.63) is 30.5 Å². The molecule has 1 saturated heterocycles. The first kappa shape index (κ1) is 10.4. The SMILES string of the molecule is COc1nccc2ccc(N3CCCC3)cc12. The number of aromatic nitrogens is 1. The highest BCUT2D eigenvalue weighted by Crippen LogP contribution is 2.29. The van der Waals surface area contributed by atoms with Crippen molar-refractivity contribution in [1.82, 2.24) is 4.98 Å². The van der Waals surface area contributed by atoms with Crippen LogP contribution in [0.2, 0.25) is 0 Å². The first-order chi connectivity index (χ1) is 8.38. The summed E-state index contributed by atoms with van der Waals surface area (Å²) in [5.74, 6) is 0.712. The molecule has 2 aromatic rings. The maximum atomic E-state index is 5.32. The smallest absolute Gasteiger partial charge is 0.221 e. The lowest BCUT2D eigenvalue weighted by molar-refractivity contribution is 0.403. The van der Waals surface area contributed by atoms with Gasteiger partial charge >= 0.3 is 0 Å². The maximum absolute atomic E-state index is 5.32. The van der Waals surface area contributed by atoms with Crippen LogP contribution in [0.3, 0.4) is 0 Å². The standard InChI is InChI=1S/C14H16N2O/c1-17-14-13-10-12(16-8-2-3-9-16)5-4-11(13)6-7-15-14/h4-7,10H,2-3,8-9H2,1H3. The average molecular weight is 228 g/mol. The van der Waals surface area contributed by atoms with E-state index in [0.717, 1.165) is 18.5 Å². The number of benzene rings is 1. The number of pyridine rings is 1. The van der Waals surface area contributed by atoms with E-state index < -0.39 is 0 Å². The zero-order chi connectivity index (χ0) is 11.7. The van der Waals surface area contributed by atoms with E-state index in [0.29, 0.717) is 5.88 Å². The molecule has 1 aliphatic heterocycles. The molecule has 0 unspecified atom stereocenters. The van der Waals surface area contributed by atoms with Crippen LogP contribution in [0.25, 0.3) is 10.8 Å². The summed E-state index contributed by atoms with van der Waals surface area (Å²) in [6, 6.07) is 8.54. The molecule has 0 amide bonds. The van der Waals surface area contributed by atoms with Gasteiger partial charge in [-0.05, 0) is 36.4 Å². The molecule has 1 fully saturated rings. The fourth-order valence-corrected chi connectivity index (χ4v) is 2.46. The van der Waals surface area contributed by atoms with Crippen molar-refractivity contribution in [2.24, 2.45) is 0 Å². The molecule has 0 bridgehead atoms. The zero-order valence-electron chi connectivity index (χ0n) is 10.0. The first-order valence-electron chi connectivity index (χ1n) is 6.06. The molecule has 1 aromatic heterocycles. The molecule has 0 aliphatic carbocycles. The molecule has 3 nitrogen and oxygen atoms in total. The Morgan fingerprint density at radius 1 is 1.18 bits per heavy atom. The molecule has 0 spiro atoms. The van der Waals surface area contributed by atoms with Gasteiger partial charge in [0, 0.05) is 30.4 Å². The topological polar surface area (TPSA) is 25.4 Å². The van der Waals surface area contributed by atoms with E-state index in [1.807, 2.05) is 6.07 Å². The second-order valence-electron chi connectivity index (χ2n) is 4.42. The molecule has 3 rings (SSSR count). The van der Waals surface area contributed by atoms with Crippen LogP contribution >= 0.6 is 0 Å². The molecular formula is C14H16N2O. The van der Waals surface area contributed by atoms with E-state index in [4.69, 9.17) is 4.74 Å². The highest BCUT2D eigenvalue weighted by atomic mass is 16.5. The molecular weight excluding hydrogens is 212 g/mol. The fourth-order valence-electron chi connectivity index (χ4n) is 2.46. The van der Waals surface area contributed by atoms with Crippen molar-refractivity contribution in [1.29, 1.82) is 0 Å². The lowest BCUT2D eigenvalue weighted by Gasteiger charge is -2.18. The second kappa shape index (κ2) is 4.24. The summed E-state index contributed by atoms with van der Waals surface area (Å²) in [5.41, 5.74) is 1.28. The summed E-state index contributed by atoms with van der Waals surface area (Å²) in [5, 5.41) is 2.28. The van der Waals surface area contributed by atoms with Crippen molar-refractivity contribution >= 4 is 16.5 Å². The van der Waals surface area contributed by atoms with E-state index in [2.05, 4.69) is 28.1 Å². The molecule has 3 heteroatoms. The van der Waals surface area contributed by atoms with Crippen LogP contribution in [-0.4, -0.2) is 25.2 Å². The molecule has 0 saturated carbocycles. The first-order valence-corrected chi connectivity index (χ1v) is 6.06. The van der Waals surface area contributed by atoms with Crippen LogP contribution in [0.4, 0.5) is 5.69 Å². The maximum Gasteiger partial charge on any atom is 0.221 e. The second-order valence-corrected chi connectivity index (χ2v) is 4.42. The van der Waals surface area contributed by atoms with E-state index in [1.54, 1.807) is 13.3 Å². The number of hydrogen-bond acceptors (Lipinski definition) is 3. The monoisotopic (exact) mass is 228 g/mol. The van der Waals surface area contributed by atoms with Gasteiger partial charge in [-0.2, -0.15) is 0 Å². The summed E-state index contributed by atoms with van der Waals surface area (Å²) < 4.78 is 5.32. The van der Waals surface area contributed by atoms with E-state index in [1.165, 1.54) is 23.9 Å². The number of ether oxygens (including phenoxy) is 1. The van der Waals surface area contributed by atoms with Gasteiger partial charge in [-0.3, -0.25) is 0 Å². The highest BCUT2D eigenvalue weighted by molar-refractivity contribution is 5.89. The number of hydrogen-bond donors (Lipinski definition) is 0. The van der Waals surface area contributed by atoms with Gasteiger partial charge in [0.15, 0.2) is 0 Å². The minimum Gasteiger partial charge on any atom is -0.481 e. The largest absolute Gasteiger partial charge is 0.481 e. The van der Waals surface area contributed by atoms with Crippen molar-refractivity contribution in [3.63, 3.8) is 0 Å². The predicted octanol–water partition coefficient (Wildman–Crippen LogP) is 2.84. The van der Waals surface area contributed by atoms with Crippen molar-refractivity contribution < 1.29 is 4.74 Å². The summed E-state index contributed by atoms with van der Waals surface area (Å²) in [6.07, 6.45) is 4.38. The van der Waals surface area contributed by atoms with E-state index in [9.17, 15) is 0 Å². The van der Waals surface area contributed by atoms with Gasteiger partial charge < -0.3 is 9.64 Å². The third kappa shape index (κ3) is 1.82. The molecule has 0 atom stereocenters. The third-order valence-electron chi connectivity index (χ3n) is 3.38. The Labute approximate surface area is 101 Å². The van der Waals surface area contributed by atoms with Crippen molar-refractivity contribution in [2.75, 3.05) is 25.1 Å². The Hall–Kier alpha value is -1.77. The Morgan fingerprint density at radius 3 is 2.76 bits per heavy atom. The van der Waals surface area contributed by atoms with E-state index >= 15 is 0 Å². The molecule has 1 aromatic carbocycles. The number of nitrogens with zero attached hydrogens (tertiary/aromatic N) is 2. The lowest BCUT2D eigenvalue weighted by atomic mass is 10.1. The molecule has 2 heterocycles. The third-order valence-corrected chi connectivity index (χ3v) is 3.38. The summed E-state index contributed by atoms with van der Waals surface area (Å²) in [4.78, 5) is 6.67. The van der Waals surface area contributed by atoms with Crippen LogP contribution in [0.15, 0.2) is 30.5 Å².